The summed E-state index contributed by atoms with van der Waals surface area (Å²) in [5, 5.41) is 12.8. The first-order valence-electron chi connectivity index (χ1n) is 6.36. The Labute approximate surface area is 109 Å². The van der Waals surface area contributed by atoms with Crippen molar-refractivity contribution in [3.05, 3.63) is 29.8 Å². The first-order chi connectivity index (χ1) is 8.77. The van der Waals surface area contributed by atoms with Crippen LogP contribution in [0.3, 0.4) is 0 Å². The third kappa shape index (κ3) is 5.49. The molecule has 0 saturated heterocycles. The first-order valence-corrected chi connectivity index (χ1v) is 6.36. The summed E-state index contributed by atoms with van der Waals surface area (Å²) in [5.41, 5.74) is 1.09. The Balaban J connectivity index is 2.45. The van der Waals surface area contributed by atoms with Crippen LogP contribution in [0.4, 0.5) is 0 Å². The molecule has 0 aliphatic rings. The zero-order valence-corrected chi connectivity index (χ0v) is 11.2. The van der Waals surface area contributed by atoms with Gasteiger partial charge in [0.25, 0.3) is 0 Å². The van der Waals surface area contributed by atoms with E-state index in [1.807, 2.05) is 31.2 Å². The number of nitrogens with one attached hydrogen (secondary N) is 1. The predicted octanol–water partition coefficient (Wildman–Crippen LogP) is 1.57. The lowest BCUT2D eigenvalue weighted by atomic mass is 10.2. The van der Waals surface area contributed by atoms with E-state index in [1.165, 1.54) is 0 Å². The quantitative estimate of drug-likeness (QED) is 0.656. The fraction of sp³-hybridized carbons (Fsp3) is 0.571. The van der Waals surface area contributed by atoms with Gasteiger partial charge in [-0.15, -0.1) is 0 Å². The first kappa shape index (κ1) is 15.0. The van der Waals surface area contributed by atoms with Gasteiger partial charge < -0.3 is 19.9 Å². The molecular weight excluding hydrogens is 230 g/mol. The predicted molar refractivity (Wildman–Crippen MR) is 71.8 cm³/mol. The number of methoxy groups -OCH3 is 1. The van der Waals surface area contributed by atoms with Gasteiger partial charge in [-0.25, -0.2) is 0 Å². The molecule has 0 bridgehead atoms. The molecule has 1 rings (SSSR count). The number of hydrogen-bond acceptors (Lipinski definition) is 4. The number of ether oxygens (including phenoxy) is 2. The van der Waals surface area contributed by atoms with E-state index in [9.17, 15) is 5.11 Å². The molecule has 18 heavy (non-hydrogen) atoms. The van der Waals surface area contributed by atoms with Crippen molar-refractivity contribution in [1.29, 1.82) is 0 Å². The van der Waals surface area contributed by atoms with E-state index in [0.29, 0.717) is 19.6 Å². The molecule has 0 aliphatic heterocycles. The van der Waals surface area contributed by atoms with Gasteiger partial charge in [-0.1, -0.05) is 25.1 Å². The third-order valence-electron chi connectivity index (χ3n) is 2.67. The van der Waals surface area contributed by atoms with Gasteiger partial charge in [-0.2, -0.15) is 0 Å². The minimum absolute atomic E-state index is 0.339. The summed E-state index contributed by atoms with van der Waals surface area (Å²) < 4.78 is 10.6. The third-order valence-corrected chi connectivity index (χ3v) is 2.67. The molecule has 2 N–H and O–H groups in total. The van der Waals surface area contributed by atoms with Crippen LogP contribution in [0.1, 0.15) is 18.9 Å². The zero-order valence-electron chi connectivity index (χ0n) is 11.2. The Kier molecular flexibility index (Phi) is 7.41. The van der Waals surface area contributed by atoms with Crippen LogP contribution in [0.2, 0.25) is 0 Å². The Morgan fingerprint density at radius 2 is 2.11 bits per heavy atom. The van der Waals surface area contributed by atoms with Crippen molar-refractivity contribution in [2.45, 2.75) is 26.0 Å². The zero-order chi connectivity index (χ0) is 13.2. The Bertz CT molecular complexity index is 331. The molecular formula is C14H23NO3. The fourth-order valence-corrected chi connectivity index (χ4v) is 1.49. The van der Waals surface area contributed by atoms with Crippen LogP contribution in [0.25, 0.3) is 0 Å². The van der Waals surface area contributed by atoms with Crippen LogP contribution in [-0.4, -0.2) is 38.1 Å². The molecule has 0 spiro atoms. The van der Waals surface area contributed by atoms with E-state index in [-0.39, 0.29) is 0 Å². The molecule has 102 valence electrons. The van der Waals surface area contributed by atoms with E-state index >= 15 is 0 Å². The van der Waals surface area contributed by atoms with Crippen molar-refractivity contribution in [1.82, 2.24) is 5.32 Å². The summed E-state index contributed by atoms with van der Waals surface area (Å²) in [6.07, 6.45) is 0.299. The summed E-state index contributed by atoms with van der Waals surface area (Å²) in [6, 6.07) is 7.87. The Morgan fingerprint density at radius 1 is 1.33 bits per heavy atom. The molecule has 0 fully saturated rings. The highest BCUT2D eigenvalue weighted by atomic mass is 16.5. The molecule has 1 aromatic carbocycles. The van der Waals surface area contributed by atoms with Gasteiger partial charge >= 0.3 is 0 Å². The van der Waals surface area contributed by atoms with Crippen molar-refractivity contribution < 1.29 is 14.6 Å². The summed E-state index contributed by atoms with van der Waals surface area (Å²) in [4.78, 5) is 0. The topological polar surface area (TPSA) is 50.7 Å². The highest BCUT2D eigenvalue weighted by Gasteiger charge is 2.05. The van der Waals surface area contributed by atoms with E-state index < -0.39 is 6.10 Å². The molecule has 1 aromatic rings. The van der Waals surface area contributed by atoms with Crippen LogP contribution in [-0.2, 0) is 11.3 Å². The summed E-state index contributed by atoms with van der Waals surface area (Å²) >= 11 is 0. The lowest BCUT2D eigenvalue weighted by molar-refractivity contribution is 0.104. The number of hydrogen-bond donors (Lipinski definition) is 2. The number of aliphatic hydroxyl groups is 1. The van der Waals surface area contributed by atoms with Gasteiger partial charge in [0, 0.05) is 25.8 Å². The maximum atomic E-state index is 9.50. The van der Waals surface area contributed by atoms with Crippen molar-refractivity contribution in [2.24, 2.45) is 0 Å². The van der Waals surface area contributed by atoms with Crippen LogP contribution >= 0.6 is 0 Å². The SMILES string of the molecule is CCC(O)COc1ccccc1CNCCOC. The minimum atomic E-state index is -0.403. The molecule has 0 radical (unpaired) electrons. The Hall–Kier alpha value is -1.10. The molecule has 1 atom stereocenters. The monoisotopic (exact) mass is 253 g/mol. The summed E-state index contributed by atoms with van der Waals surface area (Å²) in [6.45, 7) is 4.51. The normalized spacial score (nSPS) is 12.4. The maximum Gasteiger partial charge on any atom is 0.123 e. The standard InChI is InChI=1S/C14H23NO3/c1-3-13(16)11-18-14-7-5-4-6-12(14)10-15-8-9-17-2/h4-7,13,15-16H,3,8-11H2,1-2H3. The van der Waals surface area contributed by atoms with Gasteiger partial charge in [0.1, 0.15) is 12.4 Å². The molecule has 1 unspecified atom stereocenters. The number of aliphatic hydroxyl groups excluding tert-OH is 1. The average Bonchev–Trinajstić information content (AvgIpc) is 2.42. The molecule has 4 nitrogen and oxygen atoms in total. The van der Waals surface area contributed by atoms with Crippen molar-refractivity contribution >= 4 is 0 Å². The lowest BCUT2D eigenvalue weighted by Crippen LogP contribution is -2.20. The number of rotatable bonds is 9. The van der Waals surface area contributed by atoms with Gasteiger partial charge in [-0.3, -0.25) is 0 Å². The van der Waals surface area contributed by atoms with Crippen LogP contribution in [0, 0.1) is 0 Å². The second kappa shape index (κ2) is 8.91. The van der Waals surface area contributed by atoms with Crippen molar-refractivity contribution in [2.75, 3.05) is 26.9 Å². The van der Waals surface area contributed by atoms with Crippen LogP contribution < -0.4 is 10.1 Å². The van der Waals surface area contributed by atoms with E-state index in [4.69, 9.17) is 9.47 Å². The molecule has 0 saturated carbocycles. The minimum Gasteiger partial charge on any atom is -0.491 e. The molecule has 4 heteroatoms. The van der Waals surface area contributed by atoms with E-state index in [2.05, 4.69) is 5.32 Å². The second-order valence-corrected chi connectivity index (χ2v) is 4.15. The highest BCUT2D eigenvalue weighted by Crippen LogP contribution is 2.18. The maximum absolute atomic E-state index is 9.50. The average molecular weight is 253 g/mol. The van der Waals surface area contributed by atoms with Gasteiger partial charge in [0.05, 0.1) is 12.7 Å². The van der Waals surface area contributed by atoms with Crippen molar-refractivity contribution in [3.8, 4) is 5.75 Å². The van der Waals surface area contributed by atoms with Gasteiger partial charge in [0.15, 0.2) is 0 Å². The van der Waals surface area contributed by atoms with E-state index in [0.717, 1.165) is 24.4 Å². The fourth-order valence-electron chi connectivity index (χ4n) is 1.49. The molecule has 0 heterocycles. The van der Waals surface area contributed by atoms with Crippen molar-refractivity contribution in [3.63, 3.8) is 0 Å². The second-order valence-electron chi connectivity index (χ2n) is 4.15. The number of benzene rings is 1. The van der Waals surface area contributed by atoms with E-state index in [1.54, 1.807) is 7.11 Å². The van der Waals surface area contributed by atoms with Crippen LogP contribution in [0.15, 0.2) is 24.3 Å². The smallest absolute Gasteiger partial charge is 0.123 e. The van der Waals surface area contributed by atoms with Gasteiger partial charge in [0.2, 0.25) is 0 Å². The van der Waals surface area contributed by atoms with Gasteiger partial charge in [-0.05, 0) is 12.5 Å². The number of para-hydroxylation sites is 1. The molecule has 0 aliphatic carbocycles. The summed E-state index contributed by atoms with van der Waals surface area (Å²) in [7, 11) is 1.69. The largest absolute Gasteiger partial charge is 0.491 e. The molecule has 0 aromatic heterocycles. The summed E-state index contributed by atoms with van der Waals surface area (Å²) in [5.74, 6) is 0.829. The Morgan fingerprint density at radius 3 is 2.83 bits per heavy atom. The lowest BCUT2D eigenvalue weighted by Gasteiger charge is -2.14. The highest BCUT2D eigenvalue weighted by molar-refractivity contribution is 5.33. The van der Waals surface area contributed by atoms with Crippen LogP contribution in [0.5, 0.6) is 5.75 Å². The molecule has 0 amide bonds.